The molecule has 0 spiro atoms. The van der Waals surface area contributed by atoms with E-state index in [1.54, 1.807) is 6.33 Å². The lowest BCUT2D eigenvalue weighted by molar-refractivity contribution is 0.634. The first-order valence-electron chi connectivity index (χ1n) is 7.45. The first kappa shape index (κ1) is 13.8. The van der Waals surface area contributed by atoms with E-state index in [1.807, 2.05) is 0 Å². The molecule has 1 aromatic carbocycles. The molecule has 1 atom stereocenters. The average Bonchev–Trinajstić information content (AvgIpc) is 2.49. The van der Waals surface area contributed by atoms with Gasteiger partial charge in [-0.15, -0.1) is 0 Å². The Morgan fingerprint density at radius 1 is 1.24 bits per heavy atom. The van der Waals surface area contributed by atoms with Gasteiger partial charge in [-0.05, 0) is 24.0 Å². The van der Waals surface area contributed by atoms with Crippen LogP contribution in [0.25, 0.3) is 0 Å². The second-order valence-corrected chi connectivity index (χ2v) is 5.42. The van der Waals surface area contributed by atoms with Gasteiger partial charge in [0.2, 0.25) is 0 Å². The molecule has 0 amide bonds. The van der Waals surface area contributed by atoms with E-state index < -0.39 is 0 Å². The number of nitrogen functional groups attached to an aromatic ring is 1. The molecule has 0 aliphatic heterocycles. The van der Waals surface area contributed by atoms with E-state index in [-0.39, 0.29) is 0 Å². The molecular weight excluding hydrogens is 262 g/mol. The van der Waals surface area contributed by atoms with Crippen molar-refractivity contribution in [2.75, 3.05) is 17.3 Å². The Kier molecular flexibility index (Phi) is 4.01. The topological polar surface area (TPSA) is 75.9 Å². The van der Waals surface area contributed by atoms with Crippen LogP contribution in [-0.2, 0) is 12.8 Å². The molecule has 3 rings (SSSR count). The van der Waals surface area contributed by atoms with E-state index in [0.717, 1.165) is 37.2 Å². The van der Waals surface area contributed by atoms with Crippen molar-refractivity contribution >= 4 is 11.6 Å². The van der Waals surface area contributed by atoms with Gasteiger partial charge in [0, 0.05) is 18.0 Å². The number of nitrogens with one attached hydrogen (secondary N) is 2. The summed E-state index contributed by atoms with van der Waals surface area (Å²) in [5.74, 6) is 7.71. The van der Waals surface area contributed by atoms with Crippen LogP contribution in [0.4, 0.5) is 11.6 Å². The number of fused-ring (bicyclic) bond motifs is 1. The smallest absolute Gasteiger partial charge is 0.148 e. The number of nitrogens with zero attached hydrogens (tertiary/aromatic N) is 2. The number of nitrogens with two attached hydrogens (primary N) is 1. The molecule has 0 fully saturated rings. The van der Waals surface area contributed by atoms with Crippen LogP contribution in [0.15, 0.2) is 30.6 Å². The van der Waals surface area contributed by atoms with E-state index in [0.29, 0.717) is 11.7 Å². The van der Waals surface area contributed by atoms with Gasteiger partial charge in [-0.2, -0.15) is 0 Å². The van der Waals surface area contributed by atoms with Crippen molar-refractivity contribution < 1.29 is 0 Å². The standard InChI is InChI=1S/C16H21N5/c1-2-5-14-15(19-10-20-16(14)21-17)18-9-12-8-11-6-3-4-7-13(11)12/h3-4,6-7,10,12H,2,5,8-9,17H2,1H3,(H2,18,19,20,21). The number of hydrogen-bond donors (Lipinski definition) is 3. The highest BCUT2D eigenvalue weighted by Gasteiger charge is 2.25. The van der Waals surface area contributed by atoms with E-state index in [4.69, 9.17) is 5.84 Å². The Morgan fingerprint density at radius 3 is 2.81 bits per heavy atom. The van der Waals surface area contributed by atoms with Gasteiger partial charge < -0.3 is 10.7 Å². The molecule has 0 saturated heterocycles. The highest BCUT2D eigenvalue weighted by atomic mass is 15.3. The van der Waals surface area contributed by atoms with E-state index >= 15 is 0 Å². The zero-order valence-electron chi connectivity index (χ0n) is 12.3. The van der Waals surface area contributed by atoms with E-state index in [2.05, 4.69) is 51.9 Å². The van der Waals surface area contributed by atoms with Crippen molar-refractivity contribution in [3.63, 3.8) is 0 Å². The lowest BCUT2D eigenvalue weighted by Gasteiger charge is -2.30. The quantitative estimate of drug-likeness (QED) is 0.561. The van der Waals surface area contributed by atoms with Crippen LogP contribution in [0.5, 0.6) is 0 Å². The number of rotatable bonds is 6. The predicted octanol–water partition coefficient (Wildman–Crippen LogP) is 2.47. The van der Waals surface area contributed by atoms with Crippen molar-refractivity contribution in [2.45, 2.75) is 32.1 Å². The number of hydrazine groups is 1. The lowest BCUT2D eigenvalue weighted by Crippen LogP contribution is -2.25. The highest BCUT2D eigenvalue weighted by Crippen LogP contribution is 2.35. The fourth-order valence-electron chi connectivity index (χ4n) is 2.94. The number of aromatic nitrogens is 2. The molecular formula is C16H21N5. The molecule has 4 N–H and O–H groups in total. The summed E-state index contributed by atoms with van der Waals surface area (Å²) in [6, 6.07) is 8.63. The minimum absolute atomic E-state index is 0.569. The fourth-order valence-corrected chi connectivity index (χ4v) is 2.94. The summed E-state index contributed by atoms with van der Waals surface area (Å²) in [7, 11) is 0. The third-order valence-corrected chi connectivity index (χ3v) is 4.06. The van der Waals surface area contributed by atoms with Gasteiger partial charge in [-0.3, -0.25) is 0 Å². The normalized spacial score (nSPS) is 16.0. The van der Waals surface area contributed by atoms with Crippen LogP contribution in [0.1, 0.15) is 36.0 Å². The summed E-state index contributed by atoms with van der Waals surface area (Å²) in [4.78, 5) is 8.56. The van der Waals surface area contributed by atoms with Gasteiger partial charge in [0.1, 0.15) is 18.0 Å². The molecule has 110 valence electrons. The lowest BCUT2D eigenvalue weighted by atomic mass is 9.77. The molecule has 2 aromatic rings. The third-order valence-electron chi connectivity index (χ3n) is 4.06. The zero-order chi connectivity index (χ0) is 14.7. The van der Waals surface area contributed by atoms with Crippen LogP contribution >= 0.6 is 0 Å². The molecule has 1 heterocycles. The van der Waals surface area contributed by atoms with Gasteiger partial charge >= 0.3 is 0 Å². The van der Waals surface area contributed by atoms with Gasteiger partial charge in [-0.1, -0.05) is 37.6 Å². The van der Waals surface area contributed by atoms with Crippen LogP contribution in [0.3, 0.4) is 0 Å². The summed E-state index contributed by atoms with van der Waals surface area (Å²) in [5.41, 5.74) is 6.64. The van der Waals surface area contributed by atoms with Crippen LogP contribution in [-0.4, -0.2) is 16.5 Å². The third kappa shape index (κ3) is 2.69. The number of anilines is 2. The summed E-state index contributed by atoms with van der Waals surface area (Å²) in [6.07, 6.45) is 4.62. The zero-order valence-corrected chi connectivity index (χ0v) is 12.3. The van der Waals surface area contributed by atoms with Crippen LogP contribution < -0.4 is 16.6 Å². The monoisotopic (exact) mass is 283 g/mol. The first-order valence-corrected chi connectivity index (χ1v) is 7.45. The van der Waals surface area contributed by atoms with Crippen molar-refractivity contribution in [1.29, 1.82) is 0 Å². The minimum Gasteiger partial charge on any atom is -0.369 e. The molecule has 0 saturated carbocycles. The Balaban J connectivity index is 1.71. The van der Waals surface area contributed by atoms with Crippen LogP contribution in [0, 0.1) is 0 Å². The molecule has 1 aromatic heterocycles. The minimum atomic E-state index is 0.569. The first-order chi connectivity index (χ1) is 10.3. The molecule has 1 aliphatic rings. The summed E-state index contributed by atoms with van der Waals surface area (Å²) in [6.45, 7) is 3.04. The Labute approximate surface area is 125 Å². The maximum absolute atomic E-state index is 5.54. The van der Waals surface area contributed by atoms with Crippen LogP contribution in [0.2, 0.25) is 0 Å². The molecule has 1 unspecified atom stereocenters. The van der Waals surface area contributed by atoms with Crippen molar-refractivity contribution in [1.82, 2.24) is 9.97 Å². The Bertz CT molecular complexity index is 626. The molecule has 0 radical (unpaired) electrons. The summed E-state index contributed by atoms with van der Waals surface area (Å²) in [5, 5.41) is 3.47. The van der Waals surface area contributed by atoms with Gasteiger partial charge in [0.05, 0.1) is 0 Å². The van der Waals surface area contributed by atoms with E-state index in [1.165, 1.54) is 11.1 Å². The largest absolute Gasteiger partial charge is 0.369 e. The molecule has 5 heteroatoms. The average molecular weight is 283 g/mol. The summed E-state index contributed by atoms with van der Waals surface area (Å²) >= 11 is 0. The van der Waals surface area contributed by atoms with Crippen molar-refractivity contribution in [3.05, 3.63) is 47.3 Å². The molecule has 5 nitrogen and oxygen atoms in total. The Morgan fingerprint density at radius 2 is 2.05 bits per heavy atom. The fraction of sp³-hybridized carbons (Fsp3) is 0.375. The van der Waals surface area contributed by atoms with E-state index in [9.17, 15) is 0 Å². The number of hydrogen-bond acceptors (Lipinski definition) is 5. The maximum Gasteiger partial charge on any atom is 0.148 e. The van der Waals surface area contributed by atoms with Crippen molar-refractivity contribution in [3.8, 4) is 0 Å². The van der Waals surface area contributed by atoms with Crippen molar-refractivity contribution in [2.24, 2.45) is 5.84 Å². The van der Waals surface area contributed by atoms with Gasteiger partial charge in [-0.25, -0.2) is 15.8 Å². The maximum atomic E-state index is 5.54. The molecule has 0 bridgehead atoms. The number of benzene rings is 1. The SMILES string of the molecule is CCCc1c(NN)ncnc1NCC1Cc2ccccc21. The predicted molar refractivity (Wildman–Crippen MR) is 85.2 cm³/mol. The second-order valence-electron chi connectivity index (χ2n) is 5.42. The van der Waals surface area contributed by atoms with Gasteiger partial charge in [0.15, 0.2) is 0 Å². The Hall–Kier alpha value is -2.14. The molecule has 1 aliphatic carbocycles. The second kappa shape index (κ2) is 6.10. The highest BCUT2D eigenvalue weighted by molar-refractivity contribution is 5.57. The van der Waals surface area contributed by atoms with Gasteiger partial charge in [0.25, 0.3) is 0 Å². The summed E-state index contributed by atoms with van der Waals surface area (Å²) < 4.78 is 0. The molecule has 21 heavy (non-hydrogen) atoms.